The normalized spacial score (nSPS) is 14.1. The Labute approximate surface area is 147 Å². The third-order valence-corrected chi connectivity index (χ3v) is 4.51. The van der Waals surface area contributed by atoms with Crippen molar-refractivity contribution in [1.29, 1.82) is 0 Å². The number of methoxy groups -OCH3 is 1. The van der Waals surface area contributed by atoms with Gasteiger partial charge in [0.25, 0.3) is 0 Å². The van der Waals surface area contributed by atoms with E-state index >= 15 is 0 Å². The fourth-order valence-corrected chi connectivity index (χ4v) is 3.12. The Kier molecular flexibility index (Phi) is 4.39. The second-order valence-corrected chi connectivity index (χ2v) is 6.22. The molecule has 5 heteroatoms. The molecular formula is C20H20N4O. The Morgan fingerprint density at radius 1 is 1.12 bits per heavy atom. The van der Waals surface area contributed by atoms with Crippen LogP contribution in [0.25, 0.3) is 11.4 Å². The van der Waals surface area contributed by atoms with E-state index in [-0.39, 0.29) is 0 Å². The highest BCUT2D eigenvalue weighted by molar-refractivity contribution is 5.53. The van der Waals surface area contributed by atoms with Crippen LogP contribution in [0.5, 0.6) is 5.75 Å². The van der Waals surface area contributed by atoms with Gasteiger partial charge in [-0.2, -0.15) is 0 Å². The minimum atomic E-state index is 0.748. The highest BCUT2D eigenvalue weighted by Gasteiger charge is 2.19. The Hall–Kier alpha value is -2.79. The zero-order valence-corrected chi connectivity index (χ0v) is 14.2. The van der Waals surface area contributed by atoms with Crippen molar-refractivity contribution in [2.45, 2.75) is 19.5 Å². The molecule has 0 unspecified atom stereocenters. The molecule has 0 bridgehead atoms. The largest absolute Gasteiger partial charge is 0.497 e. The first kappa shape index (κ1) is 15.7. The fourth-order valence-electron chi connectivity index (χ4n) is 3.12. The van der Waals surface area contributed by atoms with E-state index < -0.39 is 0 Å². The first-order chi connectivity index (χ1) is 12.3. The van der Waals surface area contributed by atoms with Gasteiger partial charge in [0, 0.05) is 43.8 Å². The predicted octanol–water partition coefficient (Wildman–Crippen LogP) is 3.11. The summed E-state index contributed by atoms with van der Waals surface area (Å²) in [6, 6.07) is 12.2. The van der Waals surface area contributed by atoms with Crippen molar-refractivity contribution < 1.29 is 4.74 Å². The topological polar surface area (TPSA) is 51.1 Å². The van der Waals surface area contributed by atoms with Gasteiger partial charge in [0.15, 0.2) is 5.82 Å². The molecule has 3 aromatic rings. The molecule has 1 aliphatic heterocycles. The van der Waals surface area contributed by atoms with Gasteiger partial charge in [-0.1, -0.05) is 12.1 Å². The molecule has 0 atom stereocenters. The number of aromatic nitrogens is 3. The van der Waals surface area contributed by atoms with Gasteiger partial charge in [-0.3, -0.25) is 9.88 Å². The number of ether oxygens (including phenoxy) is 1. The molecule has 5 nitrogen and oxygen atoms in total. The maximum Gasteiger partial charge on any atom is 0.160 e. The van der Waals surface area contributed by atoms with Crippen molar-refractivity contribution in [3.05, 3.63) is 71.8 Å². The first-order valence-electron chi connectivity index (χ1n) is 8.42. The van der Waals surface area contributed by atoms with Gasteiger partial charge in [-0.15, -0.1) is 0 Å². The minimum absolute atomic E-state index is 0.748. The van der Waals surface area contributed by atoms with Crippen LogP contribution in [0.3, 0.4) is 0 Å². The zero-order chi connectivity index (χ0) is 17.1. The summed E-state index contributed by atoms with van der Waals surface area (Å²) in [5, 5.41) is 0. The quantitative estimate of drug-likeness (QED) is 0.735. The van der Waals surface area contributed by atoms with E-state index in [1.165, 1.54) is 11.1 Å². The minimum Gasteiger partial charge on any atom is -0.497 e. The van der Waals surface area contributed by atoms with Crippen LogP contribution < -0.4 is 4.74 Å². The summed E-state index contributed by atoms with van der Waals surface area (Å²) in [7, 11) is 1.69. The van der Waals surface area contributed by atoms with Crippen LogP contribution in [0.1, 0.15) is 16.8 Å². The zero-order valence-electron chi connectivity index (χ0n) is 14.2. The first-order valence-corrected chi connectivity index (χ1v) is 8.42. The van der Waals surface area contributed by atoms with E-state index in [0.717, 1.165) is 48.9 Å². The third kappa shape index (κ3) is 3.51. The number of rotatable bonds is 4. The molecule has 2 aromatic heterocycles. The monoisotopic (exact) mass is 332 g/mol. The van der Waals surface area contributed by atoms with Gasteiger partial charge in [0.05, 0.1) is 12.8 Å². The summed E-state index contributed by atoms with van der Waals surface area (Å²) in [6.45, 7) is 2.78. The SMILES string of the molecule is COc1ccc(CN2CCc3cnc(-c4cccnc4)nc3C2)cc1. The lowest BCUT2D eigenvalue weighted by Crippen LogP contribution is -2.31. The number of hydrogen-bond donors (Lipinski definition) is 0. The van der Waals surface area contributed by atoms with Crippen LogP contribution in [0.2, 0.25) is 0 Å². The van der Waals surface area contributed by atoms with E-state index in [4.69, 9.17) is 9.72 Å². The van der Waals surface area contributed by atoms with E-state index in [0.29, 0.717) is 0 Å². The summed E-state index contributed by atoms with van der Waals surface area (Å²) in [6.07, 6.45) is 6.52. The molecule has 3 heterocycles. The van der Waals surface area contributed by atoms with Gasteiger partial charge < -0.3 is 4.74 Å². The van der Waals surface area contributed by atoms with E-state index in [1.54, 1.807) is 19.5 Å². The molecule has 126 valence electrons. The Morgan fingerprint density at radius 3 is 2.76 bits per heavy atom. The van der Waals surface area contributed by atoms with Gasteiger partial charge in [0.1, 0.15) is 5.75 Å². The number of pyridine rings is 1. The molecule has 0 fully saturated rings. The predicted molar refractivity (Wildman–Crippen MR) is 96.1 cm³/mol. The molecule has 0 amide bonds. The summed E-state index contributed by atoms with van der Waals surface area (Å²) >= 11 is 0. The standard InChI is InChI=1S/C20H20N4O/c1-25-18-6-4-15(5-7-18)13-24-10-8-16-12-22-20(23-19(16)14-24)17-3-2-9-21-11-17/h2-7,9,11-12H,8,10,13-14H2,1H3. The molecule has 25 heavy (non-hydrogen) atoms. The molecule has 0 spiro atoms. The summed E-state index contributed by atoms with van der Waals surface area (Å²) in [5.41, 5.74) is 4.61. The van der Waals surface area contributed by atoms with Crippen LogP contribution in [-0.2, 0) is 19.5 Å². The van der Waals surface area contributed by atoms with Crippen molar-refractivity contribution in [2.75, 3.05) is 13.7 Å². The van der Waals surface area contributed by atoms with E-state index in [2.05, 4.69) is 27.0 Å². The number of hydrogen-bond acceptors (Lipinski definition) is 5. The Bertz CT molecular complexity index is 849. The van der Waals surface area contributed by atoms with Gasteiger partial charge in [-0.05, 0) is 41.8 Å². The number of benzene rings is 1. The van der Waals surface area contributed by atoms with Crippen LogP contribution in [0.15, 0.2) is 55.0 Å². The van der Waals surface area contributed by atoms with Gasteiger partial charge in [-0.25, -0.2) is 9.97 Å². The highest BCUT2D eigenvalue weighted by atomic mass is 16.5. The second kappa shape index (κ2) is 6.99. The van der Waals surface area contributed by atoms with Crippen LogP contribution >= 0.6 is 0 Å². The molecule has 4 rings (SSSR count). The highest BCUT2D eigenvalue weighted by Crippen LogP contribution is 2.22. The third-order valence-electron chi connectivity index (χ3n) is 4.51. The van der Waals surface area contributed by atoms with Gasteiger partial charge in [0.2, 0.25) is 0 Å². The molecule has 1 aromatic carbocycles. The smallest absolute Gasteiger partial charge is 0.160 e. The molecule has 0 radical (unpaired) electrons. The lowest BCUT2D eigenvalue weighted by atomic mass is 10.1. The molecule has 1 aliphatic rings. The molecule has 0 saturated heterocycles. The van der Waals surface area contributed by atoms with Crippen molar-refractivity contribution in [2.24, 2.45) is 0 Å². The van der Waals surface area contributed by atoms with Crippen molar-refractivity contribution in [3.63, 3.8) is 0 Å². The molecule has 0 N–H and O–H groups in total. The molecular weight excluding hydrogens is 312 g/mol. The van der Waals surface area contributed by atoms with Crippen LogP contribution in [-0.4, -0.2) is 33.5 Å². The van der Waals surface area contributed by atoms with Crippen molar-refractivity contribution in [1.82, 2.24) is 19.9 Å². The van der Waals surface area contributed by atoms with Gasteiger partial charge >= 0.3 is 0 Å². The maximum absolute atomic E-state index is 5.23. The lowest BCUT2D eigenvalue weighted by molar-refractivity contribution is 0.241. The summed E-state index contributed by atoms with van der Waals surface area (Å²) in [5.74, 6) is 1.64. The van der Waals surface area contributed by atoms with E-state index in [9.17, 15) is 0 Å². The second-order valence-electron chi connectivity index (χ2n) is 6.22. The Balaban J connectivity index is 1.51. The maximum atomic E-state index is 5.23. The molecule has 0 saturated carbocycles. The van der Waals surface area contributed by atoms with Crippen LogP contribution in [0.4, 0.5) is 0 Å². The number of nitrogens with zero attached hydrogens (tertiary/aromatic N) is 4. The summed E-state index contributed by atoms with van der Waals surface area (Å²) < 4.78 is 5.23. The van der Waals surface area contributed by atoms with Crippen molar-refractivity contribution >= 4 is 0 Å². The fraction of sp³-hybridized carbons (Fsp3) is 0.250. The average Bonchev–Trinajstić information content (AvgIpc) is 2.69. The lowest BCUT2D eigenvalue weighted by Gasteiger charge is -2.28. The molecule has 0 aliphatic carbocycles. The average molecular weight is 332 g/mol. The summed E-state index contributed by atoms with van der Waals surface area (Å²) in [4.78, 5) is 15.9. The van der Waals surface area contributed by atoms with Crippen LogP contribution in [0, 0.1) is 0 Å². The van der Waals surface area contributed by atoms with Crippen molar-refractivity contribution in [3.8, 4) is 17.1 Å². The number of fused-ring (bicyclic) bond motifs is 1. The Morgan fingerprint density at radius 2 is 2.00 bits per heavy atom. The van der Waals surface area contributed by atoms with E-state index in [1.807, 2.05) is 30.5 Å².